The van der Waals surface area contributed by atoms with Gasteiger partial charge in [-0.3, -0.25) is 0 Å². The lowest BCUT2D eigenvalue weighted by molar-refractivity contribution is 0.0517. The van der Waals surface area contributed by atoms with Gasteiger partial charge in [-0.2, -0.15) is 0 Å². The van der Waals surface area contributed by atoms with Crippen LogP contribution in [0, 0.1) is 0 Å². The first-order chi connectivity index (χ1) is 14.1. The molecule has 0 saturated carbocycles. The maximum atomic E-state index is 12.5. The van der Waals surface area contributed by atoms with Crippen LogP contribution in [-0.2, 0) is 9.47 Å². The fourth-order valence-electron chi connectivity index (χ4n) is 3.52. The van der Waals surface area contributed by atoms with Gasteiger partial charge in [0.1, 0.15) is 0 Å². The molecule has 1 heterocycles. The average molecular weight is 387 g/mol. The summed E-state index contributed by atoms with van der Waals surface area (Å²) in [7, 11) is 0. The molecule has 0 bridgehead atoms. The second-order valence-electron chi connectivity index (χ2n) is 6.64. The summed E-state index contributed by atoms with van der Waals surface area (Å²) in [6.07, 6.45) is 0. The number of hydrogen-bond acceptors (Lipinski definition) is 4. The van der Waals surface area contributed by atoms with Crippen LogP contribution in [-0.4, -0.2) is 30.1 Å². The summed E-state index contributed by atoms with van der Waals surface area (Å²) in [4.78, 5) is 28.1. The zero-order chi connectivity index (χ0) is 20.4. The molecule has 5 nitrogen and oxygen atoms in total. The summed E-state index contributed by atoms with van der Waals surface area (Å²) in [5, 5.41) is 1.71. The van der Waals surface area contributed by atoms with E-state index in [1.54, 1.807) is 26.0 Å². The van der Waals surface area contributed by atoms with Gasteiger partial charge in [0, 0.05) is 21.9 Å². The van der Waals surface area contributed by atoms with E-state index in [9.17, 15) is 9.59 Å². The van der Waals surface area contributed by atoms with Crippen molar-refractivity contribution in [2.45, 2.75) is 13.8 Å². The summed E-state index contributed by atoms with van der Waals surface area (Å²) in [6, 6.07) is 18.9. The van der Waals surface area contributed by atoms with Crippen molar-refractivity contribution in [1.82, 2.24) is 4.98 Å². The summed E-state index contributed by atoms with van der Waals surface area (Å²) < 4.78 is 10.4. The van der Waals surface area contributed by atoms with Crippen molar-refractivity contribution in [2.24, 2.45) is 0 Å². The monoisotopic (exact) mass is 387 g/mol. The molecule has 0 radical (unpaired) electrons. The van der Waals surface area contributed by atoms with Gasteiger partial charge >= 0.3 is 11.9 Å². The number of esters is 2. The average Bonchev–Trinajstić information content (AvgIpc) is 3.12. The highest BCUT2D eigenvalue weighted by Gasteiger charge is 2.17. The predicted molar refractivity (Wildman–Crippen MR) is 113 cm³/mol. The Bertz CT molecular complexity index is 1210. The van der Waals surface area contributed by atoms with Crippen molar-refractivity contribution >= 4 is 33.7 Å². The number of carbonyl (C=O) groups is 2. The molecule has 0 aliphatic carbocycles. The van der Waals surface area contributed by atoms with E-state index in [2.05, 4.69) is 4.98 Å². The lowest BCUT2D eigenvalue weighted by atomic mass is 9.98. The topological polar surface area (TPSA) is 68.4 Å². The van der Waals surface area contributed by atoms with E-state index in [1.165, 1.54) is 0 Å². The highest BCUT2D eigenvalue weighted by atomic mass is 16.5. The maximum Gasteiger partial charge on any atom is 0.338 e. The molecule has 0 unspecified atom stereocenters. The largest absolute Gasteiger partial charge is 0.462 e. The van der Waals surface area contributed by atoms with E-state index in [0.717, 1.165) is 32.9 Å². The molecule has 1 N–H and O–H groups in total. The van der Waals surface area contributed by atoms with Gasteiger partial charge in [0.2, 0.25) is 0 Å². The van der Waals surface area contributed by atoms with Crippen molar-refractivity contribution in [3.63, 3.8) is 0 Å². The van der Waals surface area contributed by atoms with E-state index >= 15 is 0 Å². The standard InChI is InChI=1S/C24H21NO4/c1-3-28-23(26)16-10-11-21-19(12-16)20-14-17(24(27)29-4-2)13-18(22(20)25-21)15-8-6-5-7-9-15/h5-14,25H,3-4H2,1-2H3. The van der Waals surface area contributed by atoms with Crippen molar-refractivity contribution in [3.8, 4) is 11.1 Å². The zero-order valence-electron chi connectivity index (χ0n) is 16.3. The van der Waals surface area contributed by atoms with Gasteiger partial charge in [-0.15, -0.1) is 0 Å². The number of nitrogens with one attached hydrogen (secondary N) is 1. The number of benzene rings is 3. The van der Waals surface area contributed by atoms with E-state index in [-0.39, 0.29) is 11.9 Å². The smallest absolute Gasteiger partial charge is 0.338 e. The van der Waals surface area contributed by atoms with Gasteiger partial charge in [-0.25, -0.2) is 9.59 Å². The Balaban J connectivity index is 1.99. The van der Waals surface area contributed by atoms with E-state index in [1.807, 2.05) is 48.5 Å². The molecule has 146 valence electrons. The number of rotatable bonds is 5. The van der Waals surface area contributed by atoms with Gasteiger partial charge in [-0.1, -0.05) is 30.3 Å². The van der Waals surface area contributed by atoms with E-state index < -0.39 is 0 Å². The van der Waals surface area contributed by atoms with Crippen LogP contribution < -0.4 is 0 Å². The predicted octanol–water partition coefficient (Wildman–Crippen LogP) is 5.34. The third-order valence-corrected chi connectivity index (χ3v) is 4.81. The van der Waals surface area contributed by atoms with Gasteiger partial charge in [0.05, 0.1) is 29.9 Å². The number of hydrogen-bond donors (Lipinski definition) is 1. The fraction of sp³-hybridized carbons (Fsp3) is 0.167. The minimum absolute atomic E-state index is 0.304. The molecule has 0 aliphatic heterocycles. The molecule has 4 rings (SSSR count). The van der Waals surface area contributed by atoms with Crippen LogP contribution >= 0.6 is 0 Å². The first-order valence-corrected chi connectivity index (χ1v) is 9.61. The number of carbonyl (C=O) groups excluding carboxylic acids is 2. The summed E-state index contributed by atoms with van der Waals surface area (Å²) in [6.45, 7) is 4.18. The summed E-state index contributed by atoms with van der Waals surface area (Å²) in [5.74, 6) is -0.740. The third-order valence-electron chi connectivity index (χ3n) is 4.81. The maximum absolute atomic E-state index is 12.5. The van der Waals surface area contributed by atoms with Crippen LogP contribution in [0.5, 0.6) is 0 Å². The Hall–Kier alpha value is -3.60. The molecule has 1 aromatic heterocycles. The fourth-order valence-corrected chi connectivity index (χ4v) is 3.52. The van der Waals surface area contributed by atoms with Gasteiger partial charge in [-0.05, 0) is 49.7 Å². The minimum Gasteiger partial charge on any atom is -0.462 e. The first-order valence-electron chi connectivity index (χ1n) is 9.61. The zero-order valence-corrected chi connectivity index (χ0v) is 16.3. The van der Waals surface area contributed by atoms with Crippen LogP contribution in [0.3, 0.4) is 0 Å². The molecule has 0 saturated heterocycles. The van der Waals surface area contributed by atoms with Crippen LogP contribution in [0.2, 0.25) is 0 Å². The highest BCUT2D eigenvalue weighted by molar-refractivity contribution is 6.15. The van der Waals surface area contributed by atoms with Gasteiger partial charge in [0.25, 0.3) is 0 Å². The Morgan fingerprint density at radius 3 is 2.14 bits per heavy atom. The second kappa shape index (κ2) is 7.80. The molecule has 29 heavy (non-hydrogen) atoms. The molecule has 0 atom stereocenters. The number of H-pyrrole nitrogens is 1. The van der Waals surface area contributed by atoms with Crippen LogP contribution in [0.15, 0.2) is 60.7 Å². The van der Waals surface area contributed by atoms with Gasteiger partial charge in [0.15, 0.2) is 0 Å². The number of fused-ring (bicyclic) bond motifs is 3. The van der Waals surface area contributed by atoms with Gasteiger partial charge < -0.3 is 14.5 Å². The molecule has 5 heteroatoms. The molecular formula is C24H21NO4. The number of aromatic nitrogens is 1. The van der Waals surface area contributed by atoms with Crippen LogP contribution in [0.4, 0.5) is 0 Å². The number of aromatic amines is 1. The molecule has 0 amide bonds. The first kappa shape index (κ1) is 18.7. The molecule has 0 fully saturated rings. The van der Waals surface area contributed by atoms with Crippen molar-refractivity contribution < 1.29 is 19.1 Å². The Labute approximate surface area is 168 Å². The molecule has 0 aliphatic rings. The molecule has 4 aromatic rings. The Morgan fingerprint density at radius 1 is 0.793 bits per heavy atom. The van der Waals surface area contributed by atoms with Crippen molar-refractivity contribution in [3.05, 3.63) is 71.8 Å². The highest BCUT2D eigenvalue weighted by Crippen LogP contribution is 2.35. The molecular weight excluding hydrogens is 366 g/mol. The lowest BCUT2D eigenvalue weighted by Gasteiger charge is -2.08. The summed E-state index contributed by atoms with van der Waals surface area (Å²) in [5.41, 5.74) is 4.62. The van der Waals surface area contributed by atoms with E-state index in [0.29, 0.717) is 24.3 Å². The summed E-state index contributed by atoms with van der Waals surface area (Å²) >= 11 is 0. The number of ether oxygens (including phenoxy) is 2. The third kappa shape index (κ3) is 3.47. The normalized spacial score (nSPS) is 11.0. The molecule has 0 spiro atoms. The minimum atomic E-state index is -0.373. The van der Waals surface area contributed by atoms with Crippen molar-refractivity contribution in [1.29, 1.82) is 0 Å². The second-order valence-corrected chi connectivity index (χ2v) is 6.64. The van der Waals surface area contributed by atoms with Crippen LogP contribution in [0.25, 0.3) is 32.9 Å². The Morgan fingerprint density at radius 2 is 1.45 bits per heavy atom. The van der Waals surface area contributed by atoms with Crippen molar-refractivity contribution in [2.75, 3.05) is 13.2 Å². The van der Waals surface area contributed by atoms with E-state index in [4.69, 9.17) is 9.47 Å². The quantitative estimate of drug-likeness (QED) is 0.469. The SMILES string of the molecule is CCOC(=O)c1ccc2[nH]c3c(-c4ccccc4)cc(C(=O)OCC)cc3c2c1. The lowest BCUT2D eigenvalue weighted by Crippen LogP contribution is -2.05. The Kier molecular flexibility index (Phi) is 5.04. The van der Waals surface area contributed by atoms with Crippen LogP contribution in [0.1, 0.15) is 34.6 Å². The molecule has 3 aromatic carbocycles.